The lowest BCUT2D eigenvalue weighted by atomic mass is 9.73. The highest BCUT2D eigenvalue weighted by Gasteiger charge is 2.39. The van der Waals surface area contributed by atoms with Crippen LogP contribution in [0.2, 0.25) is 10.0 Å². The molecule has 0 bridgehead atoms. The van der Waals surface area contributed by atoms with Gasteiger partial charge in [0.05, 0.1) is 33.4 Å². The second-order valence-corrected chi connectivity index (χ2v) is 9.71. The lowest BCUT2D eigenvalue weighted by Gasteiger charge is -2.33. The molecule has 1 aliphatic carbocycles. The normalized spacial score (nSPS) is 19.9. The number of hydrogen-bond acceptors (Lipinski definition) is 5. The van der Waals surface area contributed by atoms with Crippen molar-refractivity contribution in [2.45, 2.75) is 32.7 Å². The number of hydrogen-bond donors (Lipinski definition) is 2. The van der Waals surface area contributed by atoms with E-state index < -0.39 is 6.04 Å². The molecule has 2 N–H and O–H groups in total. The van der Waals surface area contributed by atoms with Crippen molar-refractivity contribution in [3.63, 3.8) is 0 Å². The summed E-state index contributed by atoms with van der Waals surface area (Å²) in [7, 11) is 0. The molecule has 2 heterocycles. The third kappa shape index (κ3) is 3.42. The molecule has 1 unspecified atom stereocenters. The van der Waals surface area contributed by atoms with E-state index in [2.05, 4.69) is 24.5 Å². The second-order valence-electron chi connectivity index (χ2n) is 8.87. The van der Waals surface area contributed by atoms with Crippen molar-refractivity contribution in [3.8, 4) is 0 Å². The average molecular weight is 455 g/mol. The summed E-state index contributed by atoms with van der Waals surface area (Å²) in [4.78, 5) is 26.8. The molecule has 1 aliphatic heterocycles. The zero-order valence-electron chi connectivity index (χ0n) is 17.0. The lowest BCUT2D eigenvalue weighted by Crippen LogP contribution is -2.33. The average Bonchev–Trinajstić information content (AvgIpc) is 2.84. The molecule has 5 rings (SSSR count). The number of halogens is 2. The van der Waals surface area contributed by atoms with Gasteiger partial charge >= 0.3 is 0 Å². The van der Waals surface area contributed by atoms with Crippen LogP contribution in [0.3, 0.4) is 0 Å². The summed E-state index contributed by atoms with van der Waals surface area (Å²) in [6.07, 6.45) is 2.49. The molecule has 2 aromatic carbocycles. The number of nitrogens with one attached hydrogen (secondary N) is 2. The Labute approximate surface area is 189 Å². The fraction of sp³-hybridized carbons (Fsp3) is 0.250. The van der Waals surface area contributed by atoms with Crippen LogP contribution in [0.25, 0.3) is 11.0 Å². The quantitative estimate of drug-likeness (QED) is 0.449. The number of ketones is 1. The summed E-state index contributed by atoms with van der Waals surface area (Å²) in [6, 6.07) is 10.1. The van der Waals surface area contributed by atoms with E-state index >= 15 is 0 Å². The number of carbonyl (C=O) groups is 1. The molecule has 0 saturated heterocycles. The van der Waals surface area contributed by atoms with Crippen LogP contribution in [0.1, 0.15) is 38.3 Å². The van der Waals surface area contributed by atoms with Crippen molar-refractivity contribution in [1.29, 1.82) is 0 Å². The van der Waals surface area contributed by atoms with Crippen molar-refractivity contribution in [3.05, 3.63) is 79.8 Å². The molecular formula is C24H20Cl2N2O3. The van der Waals surface area contributed by atoms with Gasteiger partial charge in [0.15, 0.2) is 16.8 Å². The van der Waals surface area contributed by atoms with Gasteiger partial charge in [0.25, 0.3) is 0 Å². The van der Waals surface area contributed by atoms with Gasteiger partial charge < -0.3 is 15.1 Å². The zero-order valence-corrected chi connectivity index (χ0v) is 18.5. The predicted molar refractivity (Wildman–Crippen MR) is 124 cm³/mol. The molecule has 1 atom stereocenters. The molecule has 1 aromatic heterocycles. The topological polar surface area (TPSA) is 71.3 Å². The molecule has 5 nitrogen and oxygen atoms in total. The van der Waals surface area contributed by atoms with Crippen LogP contribution in [0.5, 0.6) is 0 Å². The fourth-order valence-electron chi connectivity index (χ4n) is 4.50. The van der Waals surface area contributed by atoms with Crippen LogP contribution in [0.15, 0.2) is 63.1 Å². The van der Waals surface area contributed by atoms with E-state index in [1.807, 2.05) is 24.3 Å². The highest BCUT2D eigenvalue weighted by Crippen LogP contribution is 2.45. The van der Waals surface area contributed by atoms with Gasteiger partial charge in [0, 0.05) is 22.7 Å². The van der Waals surface area contributed by atoms with Crippen LogP contribution in [-0.4, -0.2) is 5.78 Å². The van der Waals surface area contributed by atoms with Gasteiger partial charge in [-0.2, -0.15) is 0 Å². The Morgan fingerprint density at radius 2 is 1.81 bits per heavy atom. The van der Waals surface area contributed by atoms with E-state index in [9.17, 15) is 9.59 Å². The second kappa shape index (κ2) is 7.14. The number of allylic oxidation sites excluding steroid dienone is 1. The molecular weight excluding hydrogens is 435 g/mol. The van der Waals surface area contributed by atoms with Gasteiger partial charge in [0.2, 0.25) is 0 Å². The number of fused-ring (bicyclic) bond motifs is 2. The van der Waals surface area contributed by atoms with E-state index in [1.54, 1.807) is 6.07 Å². The van der Waals surface area contributed by atoms with Crippen LogP contribution in [-0.2, 0) is 4.79 Å². The monoisotopic (exact) mass is 454 g/mol. The van der Waals surface area contributed by atoms with Crippen molar-refractivity contribution >= 4 is 51.3 Å². The number of benzene rings is 2. The summed E-state index contributed by atoms with van der Waals surface area (Å²) in [5, 5.41) is 7.74. The molecule has 0 fully saturated rings. The third-order valence-corrected chi connectivity index (χ3v) is 6.35. The molecule has 7 heteroatoms. The van der Waals surface area contributed by atoms with Gasteiger partial charge in [-0.05, 0) is 36.1 Å². The molecule has 2 aliphatic rings. The first-order chi connectivity index (χ1) is 14.7. The van der Waals surface area contributed by atoms with Crippen molar-refractivity contribution in [1.82, 2.24) is 0 Å². The Kier molecular flexibility index (Phi) is 4.65. The molecule has 3 aromatic rings. The molecule has 0 spiro atoms. The highest BCUT2D eigenvalue weighted by molar-refractivity contribution is 6.38. The van der Waals surface area contributed by atoms with Crippen molar-refractivity contribution in [2.24, 2.45) is 5.41 Å². The highest BCUT2D eigenvalue weighted by atomic mass is 35.5. The summed E-state index contributed by atoms with van der Waals surface area (Å²) in [6.45, 7) is 4.15. The standard InChI is InChI=1S/C24H20Cl2N2O3/c1-24(2)9-18-20(19(29)10-24)21(28-17-6-4-3-5-16(17)27-18)14-11-31-23-13(22(14)30)7-12(25)8-15(23)26/h3-8,11,21,27-28H,9-10H2,1-2H3. The maximum absolute atomic E-state index is 13.5. The zero-order chi connectivity index (χ0) is 21.9. The molecule has 158 valence electrons. The van der Waals surface area contributed by atoms with Gasteiger partial charge in [0.1, 0.15) is 6.26 Å². The summed E-state index contributed by atoms with van der Waals surface area (Å²) >= 11 is 12.4. The summed E-state index contributed by atoms with van der Waals surface area (Å²) in [5.41, 5.74) is 3.22. The van der Waals surface area contributed by atoms with Crippen LogP contribution < -0.4 is 16.1 Å². The lowest BCUT2D eigenvalue weighted by molar-refractivity contribution is -0.118. The number of Topliss-reactive ketones (excluding diaryl/α,β-unsaturated/α-hetero) is 1. The van der Waals surface area contributed by atoms with Gasteiger partial charge in [-0.3, -0.25) is 9.59 Å². The molecule has 0 amide bonds. The third-order valence-electron chi connectivity index (χ3n) is 5.85. The Hall–Kier alpha value is -2.76. The van der Waals surface area contributed by atoms with Crippen molar-refractivity contribution < 1.29 is 9.21 Å². The maximum Gasteiger partial charge on any atom is 0.198 e. The first kappa shape index (κ1) is 20.2. The SMILES string of the molecule is CC1(C)CC(=O)C2=C(C1)Nc1ccccc1NC2c1coc2c(Cl)cc(Cl)cc2c1=O. The molecule has 31 heavy (non-hydrogen) atoms. The first-order valence-corrected chi connectivity index (χ1v) is 10.8. The Morgan fingerprint density at radius 1 is 1.06 bits per heavy atom. The van der Waals surface area contributed by atoms with E-state index in [-0.39, 0.29) is 32.6 Å². The van der Waals surface area contributed by atoms with E-state index in [4.69, 9.17) is 27.6 Å². The Balaban J connectivity index is 1.76. The maximum atomic E-state index is 13.5. The minimum Gasteiger partial charge on any atom is -0.462 e. The summed E-state index contributed by atoms with van der Waals surface area (Å²) in [5.74, 6) is 0.00711. The number of anilines is 2. The Morgan fingerprint density at radius 3 is 2.58 bits per heavy atom. The summed E-state index contributed by atoms with van der Waals surface area (Å²) < 4.78 is 5.76. The fourth-order valence-corrected chi connectivity index (χ4v) is 5.04. The van der Waals surface area contributed by atoms with Gasteiger partial charge in [-0.1, -0.05) is 49.2 Å². The largest absolute Gasteiger partial charge is 0.462 e. The minimum atomic E-state index is -0.659. The minimum absolute atomic E-state index is 0.00711. The van der Waals surface area contributed by atoms with Crippen LogP contribution in [0, 0.1) is 5.41 Å². The number of para-hydroxylation sites is 2. The predicted octanol–water partition coefficient (Wildman–Crippen LogP) is 6.32. The molecule has 0 radical (unpaired) electrons. The first-order valence-electron chi connectivity index (χ1n) is 10.0. The van der Waals surface area contributed by atoms with Crippen molar-refractivity contribution in [2.75, 3.05) is 10.6 Å². The smallest absolute Gasteiger partial charge is 0.198 e. The Bertz CT molecular complexity index is 1340. The molecule has 0 saturated carbocycles. The van der Waals surface area contributed by atoms with Crippen LogP contribution in [0.4, 0.5) is 11.4 Å². The number of carbonyl (C=O) groups excluding carboxylic acids is 1. The van der Waals surface area contributed by atoms with Gasteiger partial charge in [-0.25, -0.2) is 0 Å². The van der Waals surface area contributed by atoms with E-state index in [0.717, 1.165) is 17.1 Å². The van der Waals surface area contributed by atoms with E-state index in [1.165, 1.54) is 12.3 Å². The van der Waals surface area contributed by atoms with Gasteiger partial charge in [-0.15, -0.1) is 0 Å². The number of rotatable bonds is 1. The van der Waals surface area contributed by atoms with E-state index in [0.29, 0.717) is 29.0 Å². The van der Waals surface area contributed by atoms with Crippen LogP contribution >= 0.6 is 23.2 Å².